The molecule has 6 heteroatoms. The Bertz CT molecular complexity index is 872. The number of hydrogen-bond donors (Lipinski definition) is 0. The van der Waals surface area contributed by atoms with Crippen molar-refractivity contribution in [1.29, 1.82) is 5.26 Å². The smallest absolute Gasteiger partial charge is 0.264 e. The third kappa shape index (κ3) is 3.72. The summed E-state index contributed by atoms with van der Waals surface area (Å²) in [6, 6.07) is 12.7. The molecule has 1 amide bonds. The molecule has 0 fully saturated rings. The van der Waals surface area contributed by atoms with E-state index in [1.54, 1.807) is 18.2 Å². The maximum Gasteiger partial charge on any atom is 0.264 e. The van der Waals surface area contributed by atoms with Crippen molar-refractivity contribution in [2.75, 3.05) is 18.1 Å². The molecule has 0 saturated carbocycles. The van der Waals surface area contributed by atoms with Crippen LogP contribution in [0.3, 0.4) is 0 Å². The van der Waals surface area contributed by atoms with Crippen LogP contribution in [0, 0.1) is 17.1 Å². The zero-order valence-corrected chi connectivity index (χ0v) is 14.1. The largest absolute Gasteiger partial charge is 0.483 e. The maximum atomic E-state index is 13.1. The van der Waals surface area contributed by atoms with E-state index in [0.29, 0.717) is 29.8 Å². The van der Waals surface area contributed by atoms with Crippen LogP contribution in [-0.2, 0) is 11.2 Å². The van der Waals surface area contributed by atoms with Gasteiger partial charge in [0.2, 0.25) is 0 Å². The van der Waals surface area contributed by atoms with Crippen molar-refractivity contribution in [3.8, 4) is 11.8 Å². The molecule has 0 bridgehead atoms. The Morgan fingerprint density at radius 3 is 2.69 bits per heavy atom. The molecule has 0 atom stereocenters. The minimum atomic E-state index is -0.401. The lowest BCUT2D eigenvalue weighted by Crippen LogP contribution is -2.35. The summed E-state index contributed by atoms with van der Waals surface area (Å²) in [4.78, 5) is 25.8. The molecule has 3 rings (SSSR count). The van der Waals surface area contributed by atoms with Crippen LogP contribution in [-0.4, -0.2) is 24.8 Å². The average molecular weight is 352 g/mol. The van der Waals surface area contributed by atoms with Gasteiger partial charge in [0.1, 0.15) is 11.6 Å². The third-order valence-electron chi connectivity index (χ3n) is 4.27. The van der Waals surface area contributed by atoms with Crippen LogP contribution in [0.15, 0.2) is 42.5 Å². The molecule has 0 aliphatic heterocycles. The van der Waals surface area contributed by atoms with Gasteiger partial charge in [-0.3, -0.25) is 9.59 Å². The number of fused-ring (bicyclic) bond motifs is 1. The topological polar surface area (TPSA) is 70.4 Å². The molecular formula is C20H17FN2O3. The first-order chi connectivity index (χ1) is 12.6. The second kappa shape index (κ2) is 7.79. The van der Waals surface area contributed by atoms with Crippen molar-refractivity contribution >= 4 is 17.4 Å². The second-order valence-electron chi connectivity index (χ2n) is 5.92. The zero-order chi connectivity index (χ0) is 18.5. The van der Waals surface area contributed by atoms with E-state index in [4.69, 9.17) is 10.00 Å². The number of anilines is 1. The molecule has 26 heavy (non-hydrogen) atoms. The second-order valence-corrected chi connectivity index (χ2v) is 5.92. The summed E-state index contributed by atoms with van der Waals surface area (Å²) in [6.07, 6.45) is 1.21. The quantitative estimate of drug-likeness (QED) is 0.800. The number of ether oxygens (including phenoxy) is 1. The summed E-state index contributed by atoms with van der Waals surface area (Å²) < 4.78 is 18.8. The Labute approximate surface area is 150 Å². The van der Waals surface area contributed by atoms with E-state index in [9.17, 15) is 14.0 Å². The van der Waals surface area contributed by atoms with Crippen molar-refractivity contribution in [2.45, 2.75) is 19.3 Å². The van der Waals surface area contributed by atoms with E-state index in [2.05, 4.69) is 0 Å². The van der Waals surface area contributed by atoms with Crippen LogP contribution in [0.1, 0.15) is 28.8 Å². The van der Waals surface area contributed by atoms with E-state index in [1.165, 1.54) is 29.2 Å². The maximum absolute atomic E-state index is 13.1. The molecule has 0 saturated heterocycles. The number of amides is 1. The Morgan fingerprint density at radius 2 is 1.96 bits per heavy atom. The van der Waals surface area contributed by atoms with Gasteiger partial charge in [0.05, 0.1) is 12.5 Å². The van der Waals surface area contributed by atoms with Crippen LogP contribution in [0.5, 0.6) is 5.75 Å². The standard InChI is InChI=1S/C20H17FN2O3/c21-14-5-7-15(8-6-14)23(12-2-11-22)20(25)13-26-19-4-1-3-16-17(19)9-10-18(16)24/h1,3-8H,2,9-10,12-13H2. The fourth-order valence-corrected chi connectivity index (χ4v) is 2.99. The first-order valence-electron chi connectivity index (χ1n) is 8.31. The molecule has 0 unspecified atom stereocenters. The molecule has 0 heterocycles. The van der Waals surface area contributed by atoms with E-state index in [0.717, 1.165) is 5.56 Å². The zero-order valence-electron chi connectivity index (χ0n) is 14.1. The number of carbonyl (C=O) groups excluding carboxylic acids is 2. The number of carbonyl (C=O) groups is 2. The lowest BCUT2D eigenvalue weighted by molar-refractivity contribution is -0.120. The summed E-state index contributed by atoms with van der Waals surface area (Å²) in [5.74, 6) is -0.129. The summed E-state index contributed by atoms with van der Waals surface area (Å²) >= 11 is 0. The highest BCUT2D eigenvalue weighted by atomic mass is 19.1. The Balaban J connectivity index is 1.73. The van der Waals surface area contributed by atoms with Crippen LogP contribution in [0.4, 0.5) is 10.1 Å². The Hall–Kier alpha value is -3.20. The molecular weight excluding hydrogens is 335 g/mol. The van der Waals surface area contributed by atoms with Gasteiger partial charge in [-0.1, -0.05) is 12.1 Å². The van der Waals surface area contributed by atoms with Gasteiger partial charge in [-0.05, 0) is 36.8 Å². The van der Waals surface area contributed by atoms with E-state index >= 15 is 0 Å². The number of rotatable bonds is 6. The highest BCUT2D eigenvalue weighted by Gasteiger charge is 2.23. The van der Waals surface area contributed by atoms with Crippen molar-refractivity contribution in [2.24, 2.45) is 0 Å². The van der Waals surface area contributed by atoms with Gasteiger partial charge < -0.3 is 9.64 Å². The fourth-order valence-electron chi connectivity index (χ4n) is 2.99. The minimum Gasteiger partial charge on any atom is -0.483 e. The van der Waals surface area contributed by atoms with Crippen LogP contribution in [0.2, 0.25) is 0 Å². The molecule has 2 aromatic rings. The molecule has 0 spiro atoms. The predicted molar refractivity (Wildman–Crippen MR) is 93.6 cm³/mol. The van der Waals surface area contributed by atoms with Crippen molar-refractivity contribution in [3.05, 3.63) is 59.4 Å². The summed E-state index contributed by atoms with van der Waals surface area (Å²) in [5.41, 5.74) is 1.98. The average Bonchev–Trinajstić information content (AvgIpc) is 3.03. The normalized spacial score (nSPS) is 12.4. The third-order valence-corrected chi connectivity index (χ3v) is 4.27. The predicted octanol–water partition coefficient (Wildman–Crippen LogP) is 3.28. The number of Topliss-reactive ketones (excluding diaryl/α,β-unsaturated/α-hetero) is 1. The van der Waals surface area contributed by atoms with E-state index < -0.39 is 5.82 Å². The highest BCUT2D eigenvalue weighted by molar-refractivity contribution is 6.01. The SMILES string of the molecule is N#CCCN(C(=O)COc1cccc2c1CCC2=O)c1ccc(F)cc1. The van der Waals surface area contributed by atoms with E-state index in [-0.39, 0.29) is 31.3 Å². The summed E-state index contributed by atoms with van der Waals surface area (Å²) in [5, 5.41) is 8.82. The van der Waals surface area contributed by atoms with Crippen molar-refractivity contribution < 1.29 is 18.7 Å². The first kappa shape index (κ1) is 17.6. The van der Waals surface area contributed by atoms with Crippen molar-refractivity contribution in [1.82, 2.24) is 0 Å². The van der Waals surface area contributed by atoms with Gasteiger partial charge in [-0.2, -0.15) is 5.26 Å². The lowest BCUT2D eigenvalue weighted by atomic mass is 10.1. The molecule has 1 aliphatic carbocycles. The minimum absolute atomic E-state index is 0.0822. The number of benzene rings is 2. The van der Waals surface area contributed by atoms with Gasteiger partial charge in [0.25, 0.3) is 5.91 Å². The Morgan fingerprint density at radius 1 is 1.19 bits per heavy atom. The van der Waals surface area contributed by atoms with Gasteiger partial charge in [-0.15, -0.1) is 0 Å². The molecule has 0 aromatic heterocycles. The molecule has 2 aromatic carbocycles. The molecule has 0 radical (unpaired) electrons. The number of hydrogen-bond acceptors (Lipinski definition) is 4. The fraction of sp³-hybridized carbons (Fsp3) is 0.250. The van der Waals surface area contributed by atoms with Gasteiger partial charge >= 0.3 is 0 Å². The molecule has 1 aliphatic rings. The monoisotopic (exact) mass is 352 g/mol. The highest BCUT2D eigenvalue weighted by Crippen LogP contribution is 2.30. The van der Waals surface area contributed by atoms with Crippen molar-refractivity contribution in [3.63, 3.8) is 0 Å². The number of nitriles is 1. The van der Waals surface area contributed by atoms with Gasteiger partial charge in [-0.25, -0.2) is 4.39 Å². The summed E-state index contributed by atoms with van der Waals surface area (Å²) in [7, 11) is 0. The molecule has 5 nitrogen and oxygen atoms in total. The Kier molecular flexibility index (Phi) is 5.28. The van der Waals surface area contributed by atoms with Gasteiger partial charge in [0.15, 0.2) is 12.4 Å². The molecule has 132 valence electrons. The van der Waals surface area contributed by atoms with Crippen LogP contribution >= 0.6 is 0 Å². The number of halogens is 1. The number of ketones is 1. The van der Waals surface area contributed by atoms with E-state index in [1.807, 2.05) is 6.07 Å². The number of nitrogens with zero attached hydrogens (tertiary/aromatic N) is 2. The lowest BCUT2D eigenvalue weighted by Gasteiger charge is -2.22. The van der Waals surface area contributed by atoms with Crippen LogP contribution in [0.25, 0.3) is 0 Å². The van der Waals surface area contributed by atoms with Crippen LogP contribution < -0.4 is 9.64 Å². The first-order valence-corrected chi connectivity index (χ1v) is 8.31. The summed E-state index contributed by atoms with van der Waals surface area (Å²) in [6.45, 7) is -0.0385. The van der Waals surface area contributed by atoms with Gasteiger partial charge in [0, 0.05) is 29.8 Å². The molecule has 0 N–H and O–H groups in total.